The van der Waals surface area contributed by atoms with Crippen LogP contribution in [0.25, 0.3) is 0 Å². The standard InChI is InChI=1S/C12H16N2O5S2/c1-3-19-10(15)7-21(16,17)14-11-8(12(13)20)5-4-6-9(11)18-2/h4-6,14H,3,7H2,1-2H3,(H2,13,20). The minimum Gasteiger partial charge on any atom is -0.495 e. The lowest BCUT2D eigenvalue weighted by Gasteiger charge is -2.15. The maximum Gasteiger partial charge on any atom is 0.323 e. The summed E-state index contributed by atoms with van der Waals surface area (Å²) in [5.74, 6) is -1.42. The Hall–Kier alpha value is -1.87. The second-order valence-electron chi connectivity index (χ2n) is 3.91. The Bertz CT molecular complexity index is 643. The number of thiocarbonyl (C=S) groups is 1. The fourth-order valence-corrected chi connectivity index (χ4v) is 2.72. The molecule has 0 amide bonds. The van der Waals surface area contributed by atoms with Crippen molar-refractivity contribution in [1.29, 1.82) is 0 Å². The highest BCUT2D eigenvalue weighted by molar-refractivity contribution is 7.93. The van der Waals surface area contributed by atoms with E-state index in [4.69, 9.17) is 22.7 Å². The Morgan fingerprint density at radius 2 is 2.10 bits per heavy atom. The summed E-state index contributed by atoms with van der Waals surface area (Å²) in [7, 11) is -2.59. The summed E-state index contributed by atoms with van der Waals surface area (Å²) < 4.78 is 35.9. The molecule has 1 rings (SSSR count). The van der Waals surface area contributed by atoms with Crippen LogP contribution in [0.3, 0.4) is 0 Å². The van der Waals surface area contributed by atoms with Crippen molar-refractivity contribution in [2.24, 2.45) is 5.73 Å². The topological polar surface area (TPSA) is 108 Å². The number of carbonyl (C=O) groups is 1. The highest BCUT2D eigenvalue weighted by Crippen LogP contribution is 2.29. The van der Waals surface area contributed by atoms with Crippen molar-refractivity contribution in [3.05, 3.63) is 23.8 Å². The molecule has 9 heteroatoms. The lowest BCUT2D eigenvalue weighted by Crippen LogP contribution is -2.26. The lowest BCUT2D eigenvalue weighted by molar-refractivity contribution is -0.139. The Morgan fingerprint density at radius 1 is 1.43 bits per heavy atom. The van der Waals surface area contributed by atoms with Crippen molar-refractivity contribution in [2.75, 3.05) is 24.2 Å². The highest BCUT2D eigenvalue weighted by Gasteiger charge is 2.21. The molecule has 0 saturated heterocycles. The summed E-state index contributed by atoms with van der Waals surface area (Å²) in [4.78, 5) is 11.3. The molecule has 0 aromatic heterocycles. The molecular formula is C12H16N2O5S2. The van der Waals surface area contributed by atoms with Crippen LogP contribution in [0.4, 0.5) is 5.69 Å². The number of nitrogens with two attached hydrogens (primary N) is 1. The molecule has 21 heavy (non-hydrogen) atoms. The first-order valence-electron chi connectivity index (χ1n) is 5.93. The molecule has 116 valence electrons. The van der Waals surface area contributed by atoms with Crippen molar-refractivity contribution >= 4 is 38.9 Å². The second-order valence-corrected chi connectivity index (χ2v) is 6.08. The monoisotopic (exact) mass is 332 g/mol. The van der Waals surface area contributed by atoms with Crippen LogP contribution in [-0.2, 0) is 19.6 Å². The molecular weight excluding hydrogens is 316 g/mol. The number of sulfonamides is 1. The molecule has 0 spiro atoms. The molecule has 0 aliphatic heterocycles. The van der Waals surface area contributed by atoms with E-state index in [1.54, 1.807) is 25.1 Å². The third-order valence-electron chi connectivity index (χ3n) is 2.38. The minimum absolute atomic E-state index is 0.00253. The van der Waals surface area contributed by atoms with Gasteiger partial charge in [-0.3, -0.25) is 9.52 Å². The molecule has 0 bridgehead atoms. The summed E-state index contributed by atoms with van der Waals surface area (Å²) in [6.45, 7) is 1.68. The number of hydrogen-bond acceptors (Lipinski definition) is 6. The number of hydrogen-bond donors (Lipinski definition) is 2. The molecule has 0 unspecified atom stereocenters. The van der Waals surface area contributed by atoms with Gasteiger partial charge in [0.2, 0.25) is 10.0 Å². The van der Waals surface area contributed by atoms with Crippen LogP contribution in [0.5, 0.6) is 5.75 Å². The number of para-hydroxylation sites is 1. The van der Waals surface area contributed by atoms with Crippen LogP contribution in [0, 0.1) is 0 Å². The van der Waals surface area contributed by atoms with E-state index in [0.29, 0.717) is 5.56 Å². The van der Waals surface area contributed by atoms with Crippen LogP contribution < -0.4 is 15.2 Å². The normalized spacial score (nSPS) is 10.8. The van der Waals surface area contributed by atoms with Crippen LogP contribution in [0.1, 0.15) is 12.5 Å². The van der Waals surface area contributed by atoms with E-state index in [9.17, 15) is 13.2 Å². The van der Waals surface area contributed by atoms with Crippen molar-refractivity contribution in [1.82, 2.24) is 0 Å². The van der Waals surface area contributed by atoms with E-state index < -0.39 is 21.7 Å². The summed E-state index contributed by atoms with van der Waals surface area (Å²) in [6, 6.07) is 4.72. The fourth-order valence-electron chi connectivity index (χ4n) is 1.56. The van der Waals surface area contributed by atoms with Crippen molar-refractivity contribution in [2.45, 2.75) is 6.92 Å². The maximum absolute atomic E-state index is 12.0. The Balaban J connectivity index is 3.11. The lowest BCUT2D eigenvalue weighted by atomic mass is 10.1. The first-order valence-corrected chi connectivity index (χ1v) is 7.99. The number of benzene rings is 1. The molecule has 0 aliphatic carbocycles. The van der Waals surface area contributed by atoms with Gasteiger partial charge in [0.1, 0.15) is 16.4 Å². The molecule has 1 aromatic carbocycles. The number of anilines is 1. The van der Waals surface area contributed by atoms with Gasteiger partial charge in [-0.2, -0.15) is 0 Å². The highest BCUT2D eigenvalue weighted by atomic mass is 32.2. The van der Waals surface area contributed by atoms with E-state index in [1.165, 1.54) is 7.11 Å². The van der Waals surface area contributed by atoms with Gasteiger partial charge < -0.3 is 15.2 Å². The van der Waals surface area contributed by atoms with Crippen LogP contribution in [0.15, 0.2) is 18.2 Å². The van der Waals surface area contributed by atoms with Crippen LogP contribution in [0.2, 0.25) is 0 Å². The molecule has 3 N–H and O–H groups in total. The Kier molecular flexibility index (Phi) is 5.91. The van der Waals surface area contributed by atoms with Gasteiger partial charge >= 0.3 is 5.97 Å². The SMILES string of the molecule is CCOC(=O)CS(=O)(=O)Nc1c(OC)cccc1C(N)=S. The van der Waals surface area contributed by atoms with Crippen LogP contribution >= 0.6 is 12.2 Å². The molecule has 0 radical (unpaired) electrons. The summed E-state index contributed by atoms with van der Waals surface area (Å²) in [6.07, 6.45) is 0. The third kappa shape index (κ3) is 4.87. The maximum atomic E-state index is 12.0. The van der Waals surface area contributed by atoms with Crippen molar-refractivity contribution in [3.63, 3.8) is 0 Å². The largest absolute Gasteiger partial charge is 0.495 e. The zero-order chi connectivity index (χ0) is 16.0. The smallest absolute Gasteiger partial charge is 0.323 e. The number of esters is 1. The predicted octanol–water partition coefficient (Wildman–Crippen LogP) is 0.634. The van der Waals surface area contributed by atoms with Gasteiger partial charge in [-0.25, -0.2) is 8.42 Å². The van der Waals surface area contributed by atoms with Gasteiger partial charge in [-0.15, -0.1) is 0 Å². The van der Waals surface area contributed by atoms with Gasteiger partial charge in [0.05, 0.1) is 13.7 Å². The van der Waals surface area contributed by atoms with Gasteiger partial charge in [-0.1, -0.05) is 18.3 Å². The van der Waals surface area contributed by atoms with Gasteiger partial charge in [-0.05, 0) is 19.1 Å². The molecule has 0 atom stereocenters. The average molecular weight is 332 g/mol. The van der Waals surface area contributed by atoms with E-state index in [-0.39, 0.29) is 23.0 Å². The first-order chi connectivity index (χ1) is 9.80. The van der Waals surface area contributed by atoms with E-state index in [0.717, 1.165) is 0 Å². The number of ether oxygens (including phenoxy) is 2. The summed E-state index contributed by atoms with van der Waals surface area (Å²) >= 11 is 4.87. The molecule has 0 fully saturated rings. The molecule has 0 saturated carbocycles. The molecule has 0 aliphatic rings. The summed E-state index contributed by atoms with van der Waals surface area (Å²) in [5.41, 5.74) is 5.95. The zero-order valence-corrected chi connectivity index (χ0v) is 13.2. The summed E-state index contributed by atoms with van der Waals surface area (Å²) in [5, 5.41) is 0. The number of carbonyl (C=O) groups excluding carboxylic acids is 1. The Labute approximate surface area is 128 Å². The minimum atomic E-state index is -3.96. The van der Waals surface area contributed by atoms with Crippen LogP contribution in [-0.4, -0.2) is 38.8 Å². The second kappa shape index (κ2) is 7.23. The van der Waals surface area contributed by atoms with Gasteiger partial charge in [0.25, 0.3) is 0 Å². The third-order valence-corrected chi connectivity index (χ3v) is 3.73. The van der Waals surface area contributed by atoms with Gasteiger partial charge in [0, 0.05) is 5.56 Å². The van der Waals surface area contributed by atoms with E-state index in [2.05, 4.69) is 9.46 Å². The molecule has 7 nitrogen and oxygen atoms in total. The van der Waals surface area contributed by atoms with Gasteiger partial charge in [0.15, 0.2) is 5.75 Å². The van der Waals surface area contributed by atoms with Crippen molar-refractivity contribution in [3.8, 4) is 5.75 Å². The quantitative estimate of drug-likeness (QED) is 0.557. The fraction of sp³-hybridized carbons (Fsp3) is 0.333. The predicted molar refractivity (Wildman–Crippen MR) is 82.9 cm³/mol. The molecule has 0 heterocycles. The average Bonchev–Trinajstić information content (AvgIpc) is 2.37. The molecule has 1 aromatic rings. The first kappa shape index (κ1) is 17.2. The Morgan fingerprint density at radius 3 is 2.62 bits per heavy atom. The van der Waals surface area contributed by atoms with Crippen molar-refractivity contribution < 1.29 is 22.7 Å². The number of nitrogens with one attached hydrogen (secondary N) is 1. The zero-order valence-electron chi connectivity index (χ0n) is 11.6. The number of methoxy groups -OCH3 is 1. The van der Waals surface area contributed by atoms with E-state index >= 15 is 0 Å². The number of rotatable bonds is 7. The van der Waals surface area contributed by atoms with E-state index in [1.807, 2.05) is 0 Å².